The zero-order valence-electron chi connectivity index (χ0n) is 10.5. The minimum Gasteiger partial charge on any atom is -0.461 e. The molecular formula is C15H11N3O2. The maximum absolute atomic E-state index is 5.34. The zero-order chi connectivity index (χ0) is 13.4. The minimum atomic E-state index is 0.700. The van der Waals surface area contributed by atoms with E-state index in [-0.39, 0.29) is 0 Å². The Hall–Kier alpha value is -2.95. The van der Waals surface area contributed by atoms with Crippen molar-refractivity contribution < 1.29 is 8.83 Å². The Morgan fingerprint density at radius 1 is 1.00 bits per heavy atom. The van der Waals surface area contributed by atoms with E-state index >= 15 is 0 Å². The highest BCUT2D eigenvalue weighted by molar-refractivity contribution is 5.82. The van der Waals surface area contributed by atoms with E-state index in [1.165, 1.54) is 0 Å². The average Bonchev–Trinajstić information content (AvgIpc) is 3.19. The third kappa shape index (κ3) is 1.85. The van der Waals surface area contributed by atoms with Gasteiger partial charge in [-0.2, -0.15) is 0 Å². The molecule has 0 fully saturated rings. The van der Waals surface area contributed by atoms with Crippen molar-refractivity contribution in [1.82, 2.24) is 9.97 Å². The number of imidazole rings is 1. The monoisotopic (exact) mass is 265 g/mol. The molecule has 0 aliphatic heterocycles. The number of nitrogens with one attached hydrogen (secondary N) is 2. The molecule has 0 unspecified atom stereocenters. The van der Waals surface area contributed by atoms with E-state index in [4.69, 9.17) is 8.83 Å². The number of nitrogens with zero attached hydrogens (tertiary/aromatic N) is 1. The van der Waals surface area contributed by atoms with Crippen molar-refractivity contribution in [3.05, 3.63) is 55.0 Å². The average molecular weight is 265 g/mol. The summed E-state index contributed by atoms with van der Waals surface area (Å²) in [6.07, 6.45) is 3.26. The number of aromatic amines is 1. The van der Waals surface area contributed by atoms with Gasteiger partial charge < -0.3 is 19.1 Å². The standard InChI is InChI=1S/C15H11N3O2/c1-3-13(19-7-1)15-17-11-6-5-10(9-12(11)18-15)16-14-4-2-8-20-14/h1-9,16H,(H,17,18). The molecular weight excluding hydrogens is 254 g/mol. The van der Waals surface area contributed by atoms with Gasteiger partial charge in [0.05, 0.1) is 23.6 Å². The molecule has 0 bridgehead atoms. The van der Waals surface area contributed by atoms with Crippen LogP contribution in [0.4, 0.5) is 11.6 Å². The van der Waals surface area contributed by atoms with Crippen molar-refractivity contribution in [3.8, 4) is 11.6 Å². The largest absolute Gasteiger partial charge is 0.461 e. The molecule has 3 aromatic heterocycles. The first kappa shape index (κ1) is 10.9. The molecule has 0 radical (unpaired) electrons. The topological polar surface area (TPSA) is 67.0 Å². The maximum atomic E-state index is 5.34. The van der Waals surface area contributed by atoms with Crippen molar-refractivity contribution in [2.75, 3.05) is 5.32 Å². The Morgan fingerprint density at radius 2 is 1.90 bits per heavy atom. The number of H-pyrrole nitrogens is 1. The predicted octanol–water partition coefficient (Wildman–Crippen LogP) is 4.16. The van der Waals surface area contributed by atoms with Crippen LogP contribution < -0.4 is 5.32 Å². The fraction of sp³-hybridized carbons (Fsp3) is 0. The first-order valence-corrected chi connectivity index (χ1v) is 6.23. The van der Waals surface area contributed by atoms with Gasteiger partial charge in [0.2, 0.25) is 0 Å². The number of fused-ring (bicyclic) bond motifs is 1. The van der Waals surface area contributed by atoms with Crippen molar-refractivity contribution in [1.29, 1.82) is 0 Å². The first-order chi connectivity index (χ1) is 9.88. The Kier molecular flexibility index (Phi) is 2.35. The van der Waals surface area contributed by atoms with Gasteiger partial charge in [-0.1, -0.05) is 0 Å². The third-order valence-electron chi connectivity index (χ3n) is 3.03. The number of aromatic nitrogens is 2. The second-order valence-electron chi connectivity index (χ2n) is 4.40. The number of anilines is 2. The van der Waals surface area contributed by atoms with Gasteiger partial charge in [0, 0.05) is 11.8 Å². The highest BCUT2D eigenvalue weighted by Gasteiger charge is 2.08. The van der Waals surface area contributed by atoms with E-state index in [0.717, 1.165) is 28.3 Å². The molecule has 5 nitrogen and oxygen atoms in total. The molecule has 5 heteroatoms. The lowest BCUT2D eigenvalue weighted by Gasteiger charge is -2.01. The molecule has 0 amide bonds. The Balaban J connectivity index is 1.72. The molecule has 0 aliphatic carbocycles. The van der Waals surface area contributed by atoms with Crippen LogP contribution in [-0.2, 0) is 0 Å². The number of hydrogen-bond donors (Lipinski definition) is 2. The summed E-state index contributed by atoms with van der Waals surface area (Å²) in [6.45, 7) is 0. The molecule has 4 aromatic rings. The minimum absolute atomic E-state index is 0.700. The summed E-state index contributed by atoms with van der Waals surface area (Å²) >= 11 is 0. The lowest BCUT2D eigenvalue weighted by molar-refractivity contribution is 0.578. The molecule has 2 N–H and O–H groups in total. The summed E-state index contributed by atoms with van der Waals surface area (Å²) in [7, 11) is 0. The van der Waals surface area contributed by atoms with E-state index in [9.17, 15) is 0 Å². The summed E-state index contributed by atoms with van der Waals surface area (Å²) in [5, 5.41) is 3.18. The van der Waals surface area contributed by atoms with Gasteiger partial charge in [-0.05, 0) is 36.4 Å². The van der Waals surface area contributed by atoms with Gasteiger partial charge in [0.15, 0.2) is 17.5 Å². The van der Waals surface area contributed by atoms with Gasteiger partial charge >= 0.3 is 0 Å². The van der Waals surface area contributed by atoms with Crippen molar-refractivity contribution in [3.63, 3.8) is 0 Å². The molecule has 0 saturated carbocycles. The zero-order valence-corrected chi connectivity index (χ0v) is 10.5. The smallest absolute Gasteiger partial charge is 0.196 e. The van der Waals surface area contributed by atoms with E-state index < -0.39 is 0 Å². The second kappa shape index (κ2) is 4.31. The lowest BCUT2D eigenvalue weighted by atomic mass is 10.3. The van der Waals surface area contributed by atoms with Crippen molar-refractivity contribution in [2.45, 2.75) is 0 Å². The van der Waals surface area contributed by atoms with E-state index in [0.29, 0.717) is 5.88 Å². The summed E-state index contributed by atoms with van der Waals surface area (Å²) in [5.41, 5.74) is 2.75. The summed E-state index contributed by atoms with van der Waals surface area (Å²) in [4.78, 5) is 7.75. The first-order valence-electron chi connectivity index (χ1n) is 6.23. The third-order valence-corrected chi connectivity index (χ3v) is 3.03. The molecule has 3 heterocycles. The van der Waals surface area contributed by atoms with Gasteiger partial charge in [0.1, 0.15) is 0 Å². The highest BCUT2D eigenvalue weighted by atomic mass is 16.3. The van der Waals surface area contributed by atoms with Crippen LogP contribution in [-0.4, -0.2) is 9.97 Å². The normalized spacial score (nSPS) is 11.0. The molecule has 0 atom stereocenters. The molecule has 4 rings (SSSR count). The molecule has 0 aliphatic rings. The Bertz CT molecular complexity index is 829. The molecule has 1 aromatic carbocycles. The number of benzene rings is 1. The van der Waals surface area contributed by atoms with Crippen molar-refractivity contribution >= 4 is 22.6 Å². The Morgan fingerprint density at radius 3 is 2.70 bits per heavy atom. The van der Waals surface area contributed by atoms with Gasteiger partial charge in [-0.15, -0.1) is 0 Å². The fourth-order valence-corrected chi connectivity index (χ4v) is 2.11. The van der Waals surface area contributed by atoms with Crippen LogP contribution >= 0.6 is 0 Å². The van der Waals surface area contributed by atoms with E-state index in [2.05, 4.69) is 15.3 Å². The summed E-state index contributed by atoms with van der Waals surface area (Å²) in [6, 6.07) is 13.3. The van der Waals surface area contributed by atoms with Crippen LogP contribution in [0.1, 0.15) is 0 Å². The number of rotatable bonds is 3. The quantitative estimate of drug-likeness (QED) is 0.583. The van der Waals surface area contributed by atoms with Crippen LogP contribution in [0.25, 0.3) is 22.6 Å². The SMILES string of the molecule is c1coc(Nc2ccc3[nH]c(-c4ccco4)nc3c2)c1. The van der Waals surface area contributed by atoms with Crippen LogP contribution in [0.15, 0.2) is 63.8 Å². The number of hydrogen-bond acceptors (Lipinski definition) is 4. The number of furan rings is 2. The fourth-order valence-electron chi connectivity index (χ4n) is 2.11. The van der Waals surface area contributed by atoms with Gasteiger partial charge in [-0.3, -0.25) is 0 Å². The highest BCUT2D eigenvalue weighted by Crippen LogP contribution is 2.24. The maximum Gasteiger partial charge on any atom is 0.196 e. The molecule has 0 saturated heterocycles. The van der Waals surface area contributed by atoms with Crippen LogP contribution in [0.3, 0.4) is 0 Å². The van der Waals surface area contributed by atoms with Gasteiger partial charge in [-0.25, -0.2) is 4.98 Å². The van der Waals surface area contributed by atoms with Crippen LogP contribution in [0, 0.1) is 0 Å². The molecule has 0 spiro atoms. The lowest BCUT2D eigenvalue weighted by Crippen LogP contribution is -1.87. The van der Waals surface area contributed by atoms with Crippen LogP contribution in [0.2, 0.25) is 0 Å². The van der Waals surface area contributed by atoms with E-state index in [1.807, 2.05) is 42.5 Å². The summed E-state index contributed by atoms with van der Waals surface area (Å²) < 4.78 is 10.6. The van der Waals surface area contributed by atoms with Crippen molar-refractivity contribution in [2.24, 2.45) is 0 Å². The molecule has 20 heavy (non-hydrogen) atoms. The van der Waals surface area contributed by atoms with E-state index in [1.54, 1.807) is 12.5 Å². The molecule has 98 valence electrons. The Labute approximate surface area is 114 Å². The van der Waals surface area contributed by atoms with Gasteiger partial charge in [0.25, 0.3) is 0 Å². The second-order valence-corrected chi connectivity index (χ2v) is 4.40. The van der Waals surface area contributed by atoms with Crippen LogP contribution in [0.5, 0.6) is 0 Å². The predicted molar refractivity (Wildman–Crippen MR) is 75.8 cm³/mol. The summed E-state index contributed by atoms with van der Waals surface area (Å²) in [5.74, 6) is 2.15.